The molecule has 1 aliphatic carbocycles. The van der Waals surface area contributed by atoms with Crippen LogP contribution in [0.3, 0.4) is 0 Å². The number of benzene rings is 2. The minimum absolute atomic E-state index is 0.0437. The summed E-state index contributed by atoms with van der Waals surface area (Å²) in [6.07, 6.45) is 7.37. The summed E-state index contributed by atoms with van der Waals surface area (Å²) in [7, 11) is 0. The molecule has 5 heterocycles. The van der Waals surface area contributed by atoms with Gasteiger partial charge in [-0.3, -0.25) is 19.3 Å². The van der Waals surface area contributed by atoms with Gasteiger partial charge in [-0.05, 0) is 127 Å². The van der Waals surface area contributed by atoms with Gasteiger partial charge >= 0.3 is 0 Å². The van der Waals surface area contributed by atoms with Crippen LogP contribution < -0.4 is 15.5 Å². The van der Waals surface area contributed by atoms with E-state index in [9.17, 15) is 14.4 Å². The highest BCUT2D eigenvalue weighted by Gasteiger charge is 2.56. The van der Waals surface area contributed by atoms with Gasteiger partial charge in [-0.1, -0.05) is 26.0 Å². The number of piperidine rings is 2. The summed E-state index contributed by atoms with van der Waals surface area (Å²) in [4.78, 5) is 57.0. The van der Waals surface area contributed by atoms with Crippen LogP contribution >= 0.6 is 0 Å². The van der Waals surface area contributed by atoms with E-state index in [4.69, 9.17) is 9.97 Å². The first kappa shape index (κ1) is 40.0. The Hall–Kier alpha value is -4.84. The number of imidazole rings is 1. The second-order valence-corrected chi connectivity index (χ2v) is 18.3. The summed E-state index contributed by atoms with van der Waals surface area (Å²) in [6.45, 7) is 19.2. The van der Waals surface area contributed by atoms with Gasteiger partial charge in [-0.15, -0.1) is 0 Å². The third-order valence-electron chi connectivity index (χ3n) is 13.5. The van der Waals surface area contributed by atoms with Gasteiger partial charge in [0, 0.05) is 67.5 Å². The Labute approximate surface area is 341 Å². The van der Waals surface area contributed by atoms with E-state index in [2.05, 4.69) is 60.3 Å². The lowest BCUT2D eigenvalue weighted by Gasteiger charge is -2.49. The van der Waals surface area contributed by atoms with Crippen LogP contribution in [-0.4, -0.2) is 86.4 Å². The maximum Gasteiger partial charge on any atom is 0.251 e. The molecule has 3 aliphatic heterocycles. The number of nitrogens with one attached hydrogen (secondary N) is 2. The molecule has 4 aliphatic rings. The number of carbonyl (C=O) groups excluding carboxylic acids is 3. The molecule has 1 saturated carbocycles. The number of fused-ring (bicyclic) bond motifs is 3. The molecule has 11 nitrogen and oxygen atoms in total. The van der Waals surface area contributed by atoms with Crippen LogP contribution in [0.15, 0.2) is 42.7 Å². The van der Waals surface area contributed by atoms with Crippen LogP contribution in [0.4, 0.5) is 21.6 Å². The zero-order valence-electron chi connectivity index (χ0n) is 35.4. The summed E-state index contributed by atoms with van der Waals surface area (Å²) in [5.74, 6) is 1.22. The minimum atomic E-state index is -0.679. The molecule has 3 fully saturated rings. The zero-order chi connectivity index (χ0) is 41.2. The quantitative estimate of drug-likeness (QED) is 0.176. The molecule has 0 bridgehead atoms. The molecule has 1 atom stereocenters. The topological polar surface area (TPSA) is 116 Å². The van der Waals surface area contributed by atoms with E-state index in [0.29, 0.717) is 72.0 Å². The van der Waals surface area contributed by atoms with Crippen LogP contribution in [-0.2, 0) is 15.0 Å². The van der Waals surface area contributed by atoms with Crippen LogP contribution in [0, 0.1) is 24.6 Å². The number of likely N-dealkylation sites (tertiary alicyclic amines) is 2. The van der Waals surface area contributed by atoms with Crippen molar-refractivity contribution in [3.63, 3.8) is 0 Å². The molecule has 8 rings (SSSR count). The van der Waals surface area contributed by atoms with Gasteiger partial charge in [0.05, 0.1) is 28.6 Å². The molecule has 2 aromatic heterocycles. The first-order chi connectivity index (χ1) is 27.6. The number of rotatable bonds is 9. The average Bonchev–Trinajstić information content (AvgIpc) is 3.69. The fourth-order valence-corrected chi connectivity index (χ4v) is 9.95. The smallest absolute Gasteiger partial charge is 0.251 e. The van der Waals surface area contributed by atoms with Crippen molar-refractivity contribution < 1.29 is 18.8 Å². The Morgan fingerprint density at radius 2 is 1.71 bits per heavy atom. The summed E-state index contributed by atoms with van der Waals surface area (Å²) in [5.41, 5.74) is 5.21. The molecule has 3 amide bonds. The van der Waals surface area contributed by atoms with Crippen molar-refractivity contribution in [1.29, 1.82) is 0 Å². The molecule has 2 N–H and O–H groups in total. The molecule has 1 unspecified atom stereocenters. The Balaban J connectivity index is 1.17. The standard InChI is InChI=1S/C46H59FN8O3/c1-26(2)32-10-9-15-53(24-32)33-20-34(21-33)55-41-19-31(11-12-36(41)46(45(55)58)13-16-52(17-14-46)30(8)56)38-23-40-42(54(25-48-40)28(5)6)43(50-38)51-39-22-35(29(7)18-37(39)47)44(57)49-27(3)4/h11-12,18-19,22-23,25-28,32-34H,9-10,13-17,20-21,24H2,1-8H3,(H,49,57)(H,50,51). The largest absolute Gasteiger partial charge is 0.350 e. The van der Waals surface area contributed by atoms with Crippen LogP contribution in [0.2, 0.25) is 0 Å². The van der Waals surface area contributed by atoms with Crippen LogP contribution in [0.1, 0.15) is 115 Å². The number of anilines is 3. The Kier molecular flexibility index (Phi) is 10.6. The normalized spacial score (nSPS) is 22.0. The highest BCUT2D eigenvalue weighted by molar-refractivity contribution is 6.09. The first-order valence-corrected chi connectivity index (χ1v) is 21.4. The van der Waals surface area contributed by atoms with E-state index in [0.717, 1.165) is 48.3 Å². The maximum absolute atomic E-state index is 15.7. The maximum atomic E-state index is 15.7. The van der Waals surface area contributed by atoms with Crippen LogP contribution in [0.5, 0.6) is 0 Å². The van der Waals surface area contributed by atoms with Gasteiger partial charge in [-0.2, -0.15) is 0 Å². The first-order valence-electron chi connectivity index (χ1n) is 21.4. The summed E-state index contributed by atoms with van der Waals surface area (Å²) in [6, 6.07) is 11.7. The second-order valence-electron chi connectivity index (χ2n) is 18.3. The Bertz CT molecular complexity index is 2250. The van der Waals surface area contributed by atoms with Gasteiger partial charge in [0.1, 0.15) is 11.3 Å². The van der Waals surface area contributed by atoms with Gasteiger partial charge in [-0.25, -0.2) is 14.4 Å². The predicted octanol–water partition coefficient (Wildman–Crippen LogP) is 8.13. The molecule has 58 heavy (non-hydrogen) atoms. The van der Waals surface area contributed by atoms with E-state index < -0.39 is 11.2 Å². The highest BCUT2D eigenvalue weighted by atomic mass is 19.1. The molecule has 2 aromatic carbocycles. The van der Waals surface area contributed by atoms with Gasteiger partial charge < -0.3 is 25.0 Å². The Morgan fingerprint density at radius 3 is 2.38 bits per heavy atom. The Morgan fingerprint density at radius 1 is 0.966 bits per heavy atom. The number of nitrogens with zero attached hydrogens (tertiary/aromatic N) is 6. The monoisotopic (exact) mass is 790 g/mol. The predicted molar refractivity (Wildman–Crippen MR) is 227 cm³/mol. The molecule has 1 spiro atoms. The molecular weight excluding hydrogens is 732 g/mol. The number of hydrogen-bond acceptors (Lipinski definition) is 7. The SMILES string of the molecule is CC(=O)N1CCC2(CC1)C(=O)N(C1CC(N3CCCC(C(C)C)C3)C1)c1cc(-c3cc4ncn(C(C)C)c4c(Nc4cc(C(=O)NC(C)C)c(C)cc4F)n3)ccc12. The highest BCUT2D eigenvalue weighted by Crippen LogP contribution is 2.52. The third-order valence-corrected chi connectivity index (χ3v) is 13.5. The van der Waals surface area contributed by atoms with Crippen molar-refractivity contribution in [1.82, 2.24) is 29.7 Å². The van der Waals surface area contributed by atoms with Crippen molar-refractivity contribution in [2.24, 2.45) is 11.8 Å². The average molecular weight is 791 g/mol. The van der Waals surface area contributed by atoms with Gasteiger partial charge in [0.2, 0.25) is 11.8 Å². The van der Waals surface area contributed by atoms with Crippen molar-refractivity contribution in [3.8, 4) is 11.3 Å². The van der Waals surface area contributed by atoms with Crippen molar-refractivity contribution >= 4 is 45.9 Å². The van der Waals surface area contributed by atoms with Crippen molar-refractivity contribution in [3.05, 3.63) is 65.2 Å². The number of aromatic nitrogens is 3. The van der Waals surface area contributed by atoms with Gasteiger partial charge in [0.25, 0.3) is 5.91 Å². The lowest BCUT2D eigenvalue weighted by molar-refractivity contribution is -0.134. The number of aryl methyl sites for hydroxylation is 1. The third kappa shape index (κ3) is 7.05. The lowest BCUT2D eigenvalue weighted by atomic mass is 9.73. The minimum Gasteiger partial charge on any atom is -0.350 e. The van der Waals surface area contributed by atoms with E-state index in [-0.39, 0.29) is 41.5 Å². The number of hydrogen-bond donors (Lipinski definition) is 2. The molecule has 308 valence electrons. The van der Waals surface area contributed by atoms with E-state index in [1.165, 1.54) is 18.9 Å². The number of halogens is 1. The van der Waals surface area contributed by atoms with Crippen LogP contribution in [0.25, 0.3) is 22.3 Å². The number of amides is 3. The number of pyridine rings is 1. The molecule has 12 heteroatoms. The van der Waals surface area contributed by atoms with Gasteiger partial charge in [0.15, 0.2) is 5.82 Å². The fraction of sp³-hybridized carbons (Fsp3) is 0.543. The fourth-order valence-electron chi connectivity index (χ4n) is 9.95. The molecule has 2 saturated heterocycles. The lowest BCUT2D eigenvalue weighted by Crippen LogP contribution is -2.59. The van der Waals surface area contributed by atoms with E-state index >= 15 is 4.39 Å². The van der Waals surface area contributed by atoms with E-state index in [1.54, 1.807) is 26.2 Å². The molecule has 4 aromatic rings. The molecule has 0 radical (unpaired) electrons. The summed E-state index contributed by atoms with van der Waals surface area (Å²) >= 11 is 0. The second kappa shape index (κ2) is 15.4. The summed E-state index contributed by atoms with van der Waals surface area (Å²) < 4.78 is 17.7. The zero-order valence-corrected chi connectivity index (χ0v) is 35.4. The molecular formula is C46H59FN8O3. The summed E-state index contributed by atoms with van der Waals surface area (Å²) in [5, 5.41) is 6.19. The number of carbonyl (C=O) groups is 3. The van der Waals surface area contributed by atoms with Crippen molar-refractivity contribution in [2.75, 3.05) is 36.4 Å². The van der Waals surface area contributed by atoms with E-state index in [1.807, 2.05) is 35.4 Å². The van der Waals surface area contributed by atoms with Crippen molar-refractivity contribution in [2.45, 2.75) is 123 Å².